The van der Waals surface area contributed by atoms with Gasteiger partial charge in [0.15, 0.2) is 46.5 Å². The summed E-state index contributed by atoms with van der Waals surface area (Å²) in [6.07, 6.45) is 15.9. The van der Waals surface area contributed by atoms with Crippen LogP contribution in [0, 0.1) is 0 Å². The lowest BCUT2D eigenvalue weighted by Gasteiger charge is -2.08. The summed E-state index contributed by atoms with van der Waals surface area (Å²) in [5.74, 6) is 0.00287. The van der Waals surface area contributed by atoms with Gasteiger partial charge in [-0.15, -0.1) is 0 Å². The van der Waals surface area contributed by atoms with E-state index in [9.17, 15) is 43.5 Å². The second-order valence-electron chi connectivity index (χ2n) is 23.3. The fourth-order valence-corrected chi connectivity index (χ4v) is 11.2. The van der Waals surface area contributed by atoms with E-state index in [4.69, 9.17) is 9.98 Å². The van der Waals surface area contributed by atoms with Crippen molar-refractivity contribution in [1.82, 2.24) is 62.5 Å². The molecule has 5 N–H and O–H groups in total. The van der Waals surface area contributed by atoms with Crippen LogP contribution in [0.4, 0.5) is 17.2 Å². The summed E-state index contributed by atoms with van der Waals surface area (Å²) in [6.45, 7) is 1.15. The molecule has 0 saturated carbocycles. The summed E-state index contributed by atoms with van der Waals surface area (Å²) >= 11 is 0. The van der Waals surface area contributed by atoms with Gasteiger partial charge in [0.25, 0.3) is 17.7 Å². The minimum Gasteiger partial charge on any atom is -0.507 e. The van der Waals surface area contributed by atoms with E-state index in [0.717, 1.165) is 19.4 Å². The number of H-pyrrole nitrogens is 1. The van der Waals surface area contributed by atoms with Gasteiger partial charge in [-0.1, -0.05) is 0 Å². The Hall–Kier alpha value is -10.4. The molecule has 2 aromatic carbocycles. The molecule has 0 unspecified atom stereocenters. The molecule has 1 aliphatic heterocycles. The van der Waals surface area contributed by atoms with Crippen LogP contribution in [-0.4, -0.2) is 142 Å². The topological polar surface area (TPSA) is 305 Å². The third-order valence-electron chi connectivity index (χ3n) is 15.8. The Kier molecular flexibility index (Phi) is 18.7. The quantitative estimate of drug-likeness (QED) is 0.0230. The van der Waals surface area contributed by atoms with E-state index >= 15 is 0 Å². The lowest BCUT2D eigenvalue weighted by molar-refractivity contribution is -0.119. The number of anilines is 2. The lowest BCUT2D eigenvalue weighted by atomic mass is 9.98. The maximum atomic E-state index is 13.8. The van der Waals surface area contributed by atoms with Crippen LogP contribution in [0.25, 0.3) is 22.7 Å². The first kappa shape index (κ1) is 62.6. The minimum absolute atomic E-state index is 0.0423. The molecule has 90 heavy (non-hydrogen) atoms. The van der Waals surface area contributed by atoms with E-state index in [1.165, 1.54) is 6.20 Å². The summed E-state index contributed by atoms with van der Waals surface area (Å²) < 4.78 is 10.1. The summed E-state index contributed by atoms with van der Waals surface area (Å²) in [6, 6.07) is 13.2. The van der Waals surface area contributed by atoms with Gasteiger partial charge in [0.1, 0.15) is 23.0 Å². The van der Waals surface area contributed by atoms with Gasteiger partial charge in [-0.3, -0.25) is 38.4 Å². The summed E-state index contributed by atoms with van der Waals surface area (Å²) in [5, 5.41) is 19.9. The van der Waals surface area contributed by atoms with E-state index in [2.05, 4.69) is 40.8 Å². The molecule has 466 valence electrons. The average molecular weight is 1220 g/mol. The number of Topliss-reactive ketones (excluding diaryl/α,β-unsaturated/α-hetero) is 5. The van der Waals surface area contributed by atoms with Crippen molar-refractivity contribution in [2.75, 3.05) is 37.8 Å². The standard InChI is InChI=1S/C65H72N16O9/c1-75(2)23-10-9-13-43(82)14-11-16-54(84)51-25-39(34-77(51)4)28-56(86)52-26-38(33-78(52)5)27-55(85)45-18-20-47-46(58(45)87)32-50(70-47)60-68-41(36-80(60)7)30-44(83)15-12-21-67-64(89)53-31-42(35-79(53)6)69-63(88)40-17-19-48-49(29-40)72-59(71-48)61-73-57(37-81(61)8)74-65(90)62-66-22-24-76(62)3/h17-20,22,24-26,29,31,33-37,87H,9-16,21,23,27-28,30,32H2,1-8H3,(H,67,89)(H,69,88)(H,71,72)(H,74,90). The number of carbonyl (C=O) groups excluding carboxylic acids is 8. The highest BCUT2D eigenvalue weighted by atomic mass is 16.3. The first-order chi connectivity index (χ1) is 43.0. The van der Waals surface area contributed by atoms with Crippen molar-refractivity contribution in [3.8, 4) is 17.4 Å². The van der Waals surface area contributed by atoms with Gasteiger partial charge in [0.2, 0.25) is 0 Å². The largest absolute Gasteiger partial charge is 0.507 e. The number of carbonyl (C=O) groups is 8. The van der Waals surface area contributed by atoms with E-state index in [1.54, 1.807) is 155 Å². The molecule has 0 aliphatic carbocycles. The number of nitrogens with one attached hydrogen (secondary N) is 4. The molecular weight excluding hydrogens is 1150 g/mol. The van der Waals surface area contributed by atoms with Gasteiger partial charge in [0.05, 0.1) is 57.2 Å². The molecule has 0 fully saturated rings. The zero-order chi connectivity index (χ0) is 64.1. The smallest absolute Gasteiger partial charge is 0.292 e. The number of benzene rings is 2. The lowest BCUT2D eigenvalue weighted by Crippen LogP contribution is -2.26. The molecular formula is C65H72N16O9. The number of aliphatic imine (C=N–C) groups is 1. The molecule has 0 atom stereocenters. The number of phenolic OH excluding ortho intramolecular Hbond substituents is 1. The van der Waals surface area contributed by atoms with Crippen molar-refractivity contribution in [3.63, 3.8) is 0 Å². The van der Waals surface area contributed by atoms with Crippen molar-refractivity contribution in [3.05, 3.63) is 154 Å². The van der Waals surface area contributed by atoms with Gasteiger partial charge < -0.3 is 58.3 Å². The minimum atomic E-state index is -0.413. The number of phenols is 1. The Labute approximate surface area is 518 Å². The number of aromatic hydroxyl groups is 1. The molecule has 25 heteroatoms. The monoisotopic (exact) mass is 1220 g/mol. The highest BCUT2D eigenvalue weighted by Crippen LogP contribution is 2.38. The first-order valence-corrected chi connectivity index (χ1v) is 29.7. The van der Waals surface area contributed by atoms with Crippen molar-refractivity contribution in [2.24, 2.45) is 47.3 Å². The Bertz CT molecular complexity index is 4320. The van der Waals surface area contributed by atoms with E-state index in [1.807, 2.05) is 14.1 Å². The molecule has 25 nitrogen and oxygen atoms in total. The van der Waals surface area contributed by atoms with Crippen molar-refractivity contribution >= 4 is 80.6 Å². The number of aromatic amines is 1. The Morgan fingerprint density at radius 1 is 0.611 bits per heavy atom. The van der Waals surface area contributed by atoms with Gasteiger partial charge in [0, 0.05) is 148 Å². The Morgan fingerprint density at radius 2 is 1.31 bits per heavy atom. The van der Waals surface area contributed by atoms with Crippen LogP contribution in [0.15, 0.2) is 96.9 Å². The van der Waals surface area contributed by atoms with Crippen LogP contribution in [0.1, 0.15) is 142 Å². The van der Waals surface area contributed by atoms with Gasteiger partial charge in [-0.25, -0.2) is 24.9 Å². The maximum absolute atomic E-state index is 13.8. The number of fused-ring (bicyclic) bond motifs is 2. The predicted molar refractivity (Wildman–Crippen MR) is 337 cm³/mol. The maximum Gasteiger partial charge on any atom is 0.292 e. The Balaban J connectivity index is 0.658. The van der Waals surface area contributed by atoms with Crippen molar-refractivity contribution in [1.29, 1.82) is 0 Å². The summed E-state index contributed by atoms with van der Waals surface area (Å²) in [7, 11) is 14.5. The van der Waals surface area contributed by atoms with Crippen LogP contribution in [-0.2, 0) is 77.6 Å². The average Bonchev–Trinajstić information content (AvgIpc) is 1.72. The molecule has 8 heterocycles. The van der Waals surface area contributed by atoms with Crippen LogP contribution in [0.3, 0.4) is 0 Å². The fourth-order valence-electron chi connectivity index (χ4n) is 11.2. The predicted octanol–water partition coefficient (Wildman–Crippen LogP) is 7.16. The van der Waals surface area contributed by atoms with Gasteiger partial charge in [-0.05, 0) is 106 Å². The van der Waals surface area contributed by atoms with Crippen LogP contribution < -0.4 is 16.0 Å². The second kappa shape index (κ2) is 26.9. The number of imidazole rings is 4. The number of rotatable bonds is 29. The van der Waals surface area contributed by atoms with E-state index in [0.29, 0.717) is 122 Å². The summed E-state index contributed by atoms with van der Waals surface area (Å²) in [4.78, 5) is 133. The number of aromatic nitrogens is 11. The SMILES string of the molecule is CN(C)CCCCC(=O)CCCC(=O)c1cc(CC(=O)c2cc(CC(=O)c3ccc4c(c3O)CC(c3nc(CC(=O)CCCNC(=O)c5cc(NC(=O)c6ccc7nc(-c8nc(NC(=O)c9nccn9C)cn8C)[nH]c7c6)cn5C)cn3C)=N4)cn2C)cn1C. The van der Waals surface area contributed by atoms with Gasteiger partial charge >= 0.3 is 0 Å². The number of unbranched alkanes of at least 4 members (excludes halogenated alkanes) is 1. The molecule has 0 saturated heterocycles. The number of ketones is 5. The van der Waals surface area contributed by atoms with E-state index < -0.39 is 11.8 Å². The van der Waals surface area contributed by atoms with Crippen LogP contribution in [0.5, 0.6) is 5.75 Å². The molecule has 9 aromatic rings. The zero-order valence-corrected chi connectivity index (χ0v) is 51.6. The zero-order valence-electron chi connectivity index (χ0n) is 51.6. The Morgan fingerprint density at radius 3 is 2.04 bits per heavy atom. The van der Waals surface area contributed by atoms with Crippen molar-refractivity contribution < 1.29 is 43.5 Å². The fraction of sp³-hybridized carbons (Fsp3) is 0.338. The van der Waals surface area contributed by atoms with E-state index in [-0.39, 0.29) is 97.0 Å². The van der Waals surface area contributed by atoms with Gasteiger partial charge in [-0.2, -0.15) is 0 Å². The molecule has 10 rings (SSSR count). The highest BCUT2D eigenvalue weighted by Gasteiger charge is 2.28. The molecule has 1 aliphatic rings. The number of aryl methyl sites for hydroxylation is 6. The summed E-state index contributed by atoms with van der Waals surface area (Å²) in [5.41, 5.74) is 6.53. The van der Waals surface area contributed by atoms with Crippen LogP contribution in [0.2, 0.25) is 0 Å². The molecule has 0 radical (unpaired) electrons. The number of hydrogen-bond acceptors (Lipinski definition) is 15. The molecule has 3 amide bonds. The first-order valence-electron chi connectivity index (χ1n) is 29.7. The van der Waals surface area contributed by atoms with Crippen molar-refractivity contribution in [2.45, 2.75) is 77.0 Å². The third-order valence-corrected chi connectivity index (χ3v) is 15.8. The second-order valence-corrected chi connectivity index (χ2v) is 23.3. The number of hydrogen-bond donors (Lipinski definition) is 5. The number of amides is 3. The molecule has 0 spiro atoms. The number of nitrogens with zero attached hydrogens (tertiary/aromatic N) is 12. The van der Waals surface area contributed by atoms with Crippen LogP contribution >= 0.6 is 0 Å². The molecule has 7 aromatic heterocycles. The highest BCUT2D eigenvalue weighted by molar-refractivity contribution is 6.09. The third kappa shape index (κ3) is 14.4. The normalized spacial score (nSPS) is 12.0. The molecule has 0 bridgehead atoms.